The Morgan fingerprint density at radius 3 is 2.22 bits per heavy atom. The molecule has 0 saturated carbocycles. The first kappa shape index (κ1) is 34.3. The molecule has 2 atom stereocenters. The lowest BCUT2D eigenvalue weighted by Gasteiger charge is -2.31. The van der Waals surface area contributed by atoms with E-state index in [0.29, 0.717) is 35.5 Å². The molecule has 0 saturated heterocycles. The molecule has 1 aliphatic heterocycles. The zero-order chi connectivity index (χ0) is 33.4. The second-order valence-corrected chi connectivity index (χ2v) is 11.7. The average Bonchev–Trinajstić information content (AvgIpc) is 3.40. The number of carbonyl (C=O) groups is 2. The van der Waals surface area contributed by atoms with Crippen LogP contribution in [0.4, 0.5) is 13.2 Å². The Bertz CT molecular complexity index is 1490. The highest BCUT2D eigenvalue weighted by Crippen LogP contribution is 2.43. The van der Waals surface area contributed by atoms with Gasteiger partial charge in [-0.2, -0.15) is 0 Å². The van der Waals surface area contributed by atoms with E-state index in [1.54, 1.807) is 69.3 Å². The van der Waals surface area contributed by atoms with Crippen LogP contribution in [0, 0.1) is 0 Å². The molecule has 0 aliphatic carbocycles. The van der Waals surface area contributed by atoms with Crippen molar-refractivity contribution in [3.05, 3.63) is 95.6 Å². The van der Waals surface area contributed by atoms with Crippen molar-refractivity contribution < 1.29 is 46.8 Å². The predicted octanol–water partition coefficient (Wildman–Crippen LogP) is 6.04. The molecule has 46 heavy (non-hydrogen) atoms. The number of alkyl halides is 3. The monoisotopic (exact) mass is 642 g/mol. The molecule has 3 aromatic rings. The topological polar surface area (TPSA) is 116 Å². The number of hydrogen-bond donors (Lipinski definition) is 2. The number of amides is 1. The molecule has 12 heteroatoms. The minimum Gasteiger partial charge on any atom is -0.494 e. The molecule has 1 aliphatic rings. The summed E-state index contributed by atoms with van der Waals surface area (Å²) in [5.74, 6) is -0.678. The van der Waals surface area contributed by atoms with Gasteiger partial charge in [0.2, 0.25) is 5.90 Å². The first-order valence-electron chi connectivity index (χ1n) is 14.8. The Morgan fingerprint density at radius 1 is 0.957 bits per heavy atom. The molecular weight excluding hydrogens is 605 g/mol. The summed E-state index contributed by atoms with van der Waals surface area (Å²) in [6.45, 7) is 5.56. The van der Waals surface area contributed by atoms with Crippen molar-refractivity contribution in [1.82, 2.24) is 5.32 Å². The van der Waals surface area contributed by atoms with E-state index in [9.17, 15) is 22.8 Å². The first-order valence-corrected chi connectivity index (χ1v) is 14.8. The van der Waals surface area contributed by atoms with Gasteiger partial charge in [-0.15, -0.1) is 13.2 Å². The Labute approximate surface area is 265 Å². The summed E-state index contributed by atoms with van der Waals surface area (Å²) in [6, 6.07) is 21.1. The van der Waals surface area contributed by atoms with E-state index >= 15 is 0 Å². The van der Waals surface area contributed by atoms with E-state index in [-0.39, 0.29) is 37.6 Å². The number of rotatable bonds is 13. The van der Waals surface area contributed by atoms with Crippen LogP contribution in [0.5, 0.6) is 11.5 Å². The summed E-state index contributed by atoms with van der Waals surface area (Å²) in [4.78, 5) is 31.9. The third kappa shape index (κ3) is 9.46. The van der Waals surface area contributed by atoms with Crippen LogP contribution in [-0.2, 0) is 25.6 Å². The van der Waals surface area contributed by atoms with Crippen molar-refractivity contribution in [2.45, 2.75) is 70.2 Å². The predicted molar refractivity (Wildman–Crippen MR) is 163 cm³/mol. The van der Waals surface area contributed by atoms with Gasteiger partial charge in [0, 0.05) is 31.6 Å². The van der Waals surface area contributed by atoms with Gasteiger partial charge in [-0.3, -0.25) is 9.59 Å². The fourth-order valence-corrected chi connectivity index (χ4v) is 4.83. The zero-order valence-electron chi connectivity index (χ0n) is 25.8. The molecule has 246 valence electrons. The summed E-state index contributed by atoms with van der Waals surface area (Å²) in [5.41, 5.74) is -0.611. The summed E-state index contributed by atoms with van der Waals surface area (Å²) < 4.78 is 59.3. The maximum Gasteiger partial charge on any atom is 0.573 e. The number of carbonyl (C=O) groups excluding carboxylic acids is 2. The van der Waals surface area contributed by atoms with Gasteiger partial charge in [-0.25, -0.2) is 4.99 Å². The standard InChI is InChI=1S/C34H37F3N2O7/c1-32(2,3)46-28(41)18-19-33(31(42)38-22-23-10-14-27(15-11-23)45-34(35,36)37)29(24-8-5-4-6-9-24)44-30(39-33)25-12-16-26(17-13-25)43-21-7-20-40/h4-6,8-17,29,40H,7,18-22H2,1-3H3,(H,38,42)/t29-,33-/m1/s1. The van der Waals surface area contributed by atoms with Crippen LogP contribution in [0.3, 0.4) is 0 Å². The van der Waals surface area contributed by atoms with Gasteiger partial charge >= 0.3 is 12.3 Å². The highest BCUT2D eigenvalue weighted by Gasteiger charge is 2.53. The van der Waals surface area contributed by atoms with Crippen molar-refractivity contribution in [3.8, 4) is 11.5 Å². The van der Waals surface area contributed by atoms with Gasteiger partial charge in [0.1, 0.15) is 17.1 Å². The molecule has 0 radical (unpaired) electrons. The van der Waals surface area contributed by atoms with Gasteiger partial charge in [-0.1, -0.05) is 42.5 Å². The minimum atomic E-state index is -4.83. The lowest BCUT2D eigenvalue weighted by Crippen LogP contribution is -2.48. The third-order valence-electron chi connectivity index (χ3n) is 6.87. The van der Waals surface area contributed by atoms with Crippen LogP contribution in [0.15, 0.2) is 83.9 Å². The molecule has 0 aromatic heterocycles. The maximum absolute atomic E-state index is 14.2. The SMILES string of the molecule is CC(C)(C)OC(=O)CC[C@@]1(C(=O)NCc2ccc(OC(F)(F)F)cc2)N=C(c2ccc(OCCCO)cc2)O[C@@H]1c1ccccc1. The second kappa shape index (κ2) is 14.7. The number of nitrogens with zero attached hydrogens (tertiary/aromatic N) is 1. The Kier molecular flexibility index (Phi) is 10.9. The normalized spacial score (nSPS) is 17.9. The number of aliphatic hydroxyl groups excluding tert-OH is 1. The van der Waals surface area contributed by atoms with E-state index in [0.717, 1.165) is 12.1 Å². The average molecular weight is 643 g/mol. The first-order chi connectivity index (χ1) is 21.8. The molecule has 0 bridgehead atoms. The van der Waals surface area contributed by atoms with Gasteiger partial charge in [0.05, 0.1) is 6.61 Å². The summed E-state index contributed by atoms with van der Waals surface area (Å²) in [7, 11) is 0. The number of aliphatic imine (C=N–C) groups is 1. The highest BCUT2D eigenvalue weighted by molar-refractivity contribution is 6.01. The van der Waals surface area contributed by atoms with Gasteiger partial charge < -0.3 is 29.4 Å². The summed E-state index contributed by atoms with van der Waals surface area (Å²) >= 11 is 0. The van der Waals surface area contributed by atoms with E-state index in [2.05, 4.69) is 10.1 Å². The quantitative estimate of drug-likeness (QED) is 0.173. The van der Waals surface area contributed by atoms with Crippen molar-refractivity contribution >= 4 is 17.8 Å². The summed E-state index contributed by atoms with van der Waals surface area (Å²) in [5, 5.41) is 11.9. The lowest BCUT2D eigenvalue weighted by atomic mass is 9.83. The van der Waals surface area contributed by atoms with Crippen LogP contribution in [-0.4, -0.2) is 53.6 Å². The van der Waals surface area contributed by atoms with Gasteiger partial charge in [0.15, 0.2) is 11.6 Å². The maximum atomic E-state index is 14.2. The Morgan fingerprint density at radius 2 is 1.61 bits per heavy atom. The molecule has 0 fully saturated rings. The number of nitrogens with one attached hydrogen (secondary N) is 1. The highest BCUT2D eigenvalue weighted by atomic mass is 19.4. The molecule has 1 heterocycles. The largest absolute Gasteiger partial charge is 0.573 e. The minimum absolute atomic E-state index is 0.00876. The van der Waals surface area contributed by atoms with Crippen molar-refractivity contribution in [2.24, 2.45) is 4.99 Å². The summed E-state index contributed by atoms with van der Waals surface area (Å²) in [6.07, 6.45) is -5.47. The number of halogens is 3. The second-order valence-electron chi connectivity index (χ2n) is 11.7. The molecule has 2 N–H and O–H groups in total. The molecule has 9 nitrogen and oxygen atoms in total. The lowest BCUT2D eigenvalue weighted by molar-refractivity contribution is -0.274. The Hall–Kier alpha value is -4.58. The van der Waals surface area contributed by atoms with Crippen LogP contribution in [0.25, 0.3) is 0 Å². The van der Waals surface area contributed by atoms with Crippen LogP contribution in [0.1, 0.15) is 62.8 Å². The molecule has 0 unspecified atom stereocenters. The number of benzene rings is 3. The zero-order valence-corrected chi connectivity index (χ0v) is 25.8. The number of ether oxygens (including phenoxy) is 4. The Balaban J connectivity index is 1.66. The molecule has 0 spiro atoms. The van der Waals surface area contributed by atoms with E-state index in [4.69, 9.17) is 24.3 Å². The number of esters is 1. The van der Waals surface area contributed by atoms with Crippen molar-refractivity contribution in [2.75, 3.05) is 13.2 Å². The fourth-order valence-electron chi connectivity index (χ4n) is 4.83. The van der Waals surface area contributed by atoms with E-state index in [1.807, 2.05) is 6.07 Å². The molecular formula is C34H37F3N2O7. The molecule has 1 amide bonds. The van der Waals surface area contributed by atoms with Crippen LogP contribution < -0.4 is 14.8 Å². The van der Waals surface area contributed by atoms with E-state index in [1.165, 1.54) is 12.1 Å². The molecule has 4 rings (SSSR count). The van der Waals surface area contributed by atoms with Crippen molar-refractivity contribution in [3.63, 3.8) is 0 Å². The fraction of sp³-hybridized carbons (Fsp3) is 0.382. The van der Waals surface area contributed by atoms with Crippen LogP contribution >= 0.6 is 0 Å². The van der Waals surface area contributed by atoms with Gasteiger partial charge in [-0.05, 0) is 74.7 Å². The number of aliphatic hydroxyl groups is 1. The smallest absolute Gasteiger partial charge is 0.494 e. The molecule has 3 aromatic carbocycles. The van der Waals surface area contributed by atoms with Crippen molar-refractivity contribution in [1.29, 1.82) is 0 Å². The number of hydrogen-bond acceptors (Lipinski definition) is 8. The van der Waals surface area contributed by atoms with Gasteiger partial charge in [0.25, 0.3) is 5.91 Å². The van der Waals surface area contributed by atoms with Crippen LogP contribution in [0.2, 0.25) is 0 Å². The third-order valence-corrected chi connectivity index (χ3v) is 6.87. The van der Waals surface area contributed by atoms with E-state index < -0.39 is 35.5 Å².